The topological polar surface area (TPSA) is 90.2 Å². The third-order valence-corrected chi connectivity index (χ3v) is 2.72. The normalized spacial score (nSPS) is 12.7. The maximum atomic E-state index is 11.6. The second kappa shape index (κ2) is 4.15. The number of nitrogens with zero attached hydrogens (tertiary/aromatic N) is 3. The Morgan fingerprint density at radius 1 is 1.53 bits per heavy atom. The summed E-state index contributed by atoms with van der Waals surface area (Å²) in [6.45, 7) is 0. The molecule has 17 heavy (non-hydrogen) atoms. The first-order chi connectivity index (χ1) is 8.00. The van der Waals surface area contributed by atoms with E-state index in [0.29, 0.717) is 5.56 Å². The van der Waals surface area contributed by atoms with Crippen LogP contribution in [0.5, 0.6) is 0 Å². The van der Waals surface area contributed by atoms with Crippen molar-refractivity contribution < 1.29 is 4.79 Å². The summed E-state index contributed by atoms with van der Waals surface area (Å²) in [7, 11) is 3.38. The van der Waals surface area contributed by atoms with Crippen molar-refractivity contribution in [1.29, 1.82) is 0 Å². The number of likely N-dealkylation sites (N-methyl/N-ethyl adjacent to an activating group) is 1. The monoisotopic (exact) mass is 233 g/mol. The van der Waals surface area contributed by atoms with Gasteiger partial charge >= 0.3 is 0 Å². The zero-order chi connectivity index (χ0) is 12.6. The van der Waals surface area contributed by atoms with Crippen molar-refractivity contribution in [3.8, 4) is 0 Å². The number of aryl methyl sites for hydroxylation is 1. The fourth-order valence-electron chi connectivity index (χ4n) is 1.71. The standard InChI is InChI=1S/C11H15N5O/c1-15-6-14-8-5-7(3-4-9(8)15)10(12)11(17)16(2)13/h3-6,10H,12-13H2,1-2H3. The van der Waals surface area contributed by atoms with Crippen molar-refractivity contribution in [3.63, 3.8) is 0 Å². The number of carbonyl (C=O) groups excluding carboxylic acids is 1. The smallest absolute Gasteiger partial charge is 0.257 e. The zero-order valence-electron chi connectivity index (χ0n) is 9.79. The van der Waals surface area contributed by atoms with Crippen molar-refractivity contribution >= 4 is 16.9 Å². The van der Waals surface area contributed by atoms with E-state index in [1.165, 1.54) is 7.05 Å². The van der Waals surface area contributed by atoms with E-state index in [-0.39, 0.29) is 5.91 Å². The van der Waals surface area contributed by atoms with E-state index in [9.17, 15) is 4.79 Å². The first kappa shape index (κ1) is 11.6. The number of carbonyl (C=O) groups is 1. The molecular weight excluding hydrogens is 218 g/mol. The number of hydrazine groups is 1. The molecule has 6 nitrogen and oxygen atoms in total. The average molecular weight is 233 g/mol. The number of amides is 1. The van der Waals surface area contributed by atoms with Gasteiger partial charge in [0.25, 0.3) is 5.91 Å². The molecule has 0 aliphatic heterocycles. The van der Waals surface area contributed by atoms with E-state index in [1.807, 2.05) is 23.7 Å². The van der Waals surface area contributed by atoms with Crippen LogP contribution in [-0.4, -0.2) is 27.5 Å². The van der Waals surface area contributed by atoms with Crippen molar-refractivity contribution in [2.75, 3.05) is 7.05 Å². The summed E-state index contributed by atoms with van der Waals surface area (Å²) < 4.78 is 1.90. The van der Waals surface area contributed by atoms with Gasteiger partial charge in [0.15, 0.2) is 0 Å². The summed E-state index contributed by atoms with van der Waals surface area (Å²) >= 11 is 0. The minimum Gasteiger partial charge on any atom is -0.334 e. The van der Waals surface area contributed by atoms with Crippen LogP contribution in [0, 0.1) is 0 Å². The van der Waals surface area contributed by atoms with Gasteiger partial charge in [-0.3, -0.25) is 9.80 Å². The number of hydrogen-bond acceptors (Lipinski definition) is 4. The Kier molecular flexibility index (Phi) is 2.83. The predicted molar refractivity (Wildman–Crippen MR) is 64.6 cm³/mol. The Morgan fingerprint density at radius 3 is 2.88 bits per heavy atom. The lowest BCUT2D eigenvalue weighted by Crippen LogP contribution is -2.40. The summed E-state index contributed by atoms with van der Waals surface area (Å²) in [5.74, 6) is 5.04. The van der Waals surface area contributed by atoms with E-state index >= 15 is 0 Å². The quantitative estimate of drug-likeness (QED) is 0.431. The molecule has 4 N–H and O–H groups in total. The van der Waals surface area contributed by atoms with E-state index in [2.05, 4.69) is 4.98 Å². The number of rotatable bonds is 2. The van der Waals surface area contributed by atoms with E-state index in [4.69, 9.17) is 11.6 Å². The third kappa shape index (κ3) is 2.00. The highest BCUT2D eigenvalue weighted by Crippen LogP contribution is 2.18. The van der Waals surface area contributed by atoms with E-state index < -0.39 is 6.04 Å². The fourth-order valence-corrected chi connectivity index (χ4v) is 1.71. The van der Waals surface area contributed by atoms with Crippen LogP contribution in [0.4, 0.5) is 0 Å². The van der Waals surface area contributed by atoms with E-state index in [0.717, 1.165) is 16.0 Å². The molecule has 0 saturated heterocycles. The number of nitrogens with two attached hydrogens (primary N) is 2. The van der Waals surface area contributed by atoms with Crippen LogP contribution >= 0.6 is 0 Å². The van der Waals surface area contributed by atoms with Gasteiger partial charge in [-0.2, -0.15) is 0 Å². The molecule has 1 aromatic carbocycles. The Bertz CT molecular complexity index is 560. The molecular formula is C11H15N5O. The van der Waals surface area contributed by atoms with Gasteiger partial charge in [0.2, 0.25) is 0 Å². The molecule has 2 aromatic rings. The van der Waals surface area contributed by atoms with Crippen LogP contribution in [0.3, 0.4) is 0 Å². The van der Waals surface area contributed by atoms with Gasteiger partial charge in [0, 0.05) is 14.1 Å². The molecule has 2 rings (SSSR count). The van der Waals surface area contributed by atoms with Crippen LogP contribution in [0.25, 0.3) is 11.0 Å². The molecule has 1 amide bonds. The lowest BCUT2D eigenvalue weighted by atomic mass is 10.1. The highest BCUT2D eigenvalue weighted by molar-refractivity contribution is 5.84. The van der Waals surface area contributed by atoms with E-state index in [1.54, 1.807) is 12.4 Å². The first-order valence-corrected chi connectivity index (χ1v) is 5.19. The van der Waals surface area contributed by atoms with Gasteiger partial charge in [0.05, 0.1) is 17.4 Å². The number of imidazole rings is 1. The van der Waals surface area contributed by atoms with Crippen LogP contribution < -0.4 is 11.6 Å². The van der Waals surface area contributed by atoms with Crippen molar-refractivity contribution in [3.05, 3.63) is 30.1 Å². The molecule has 1 heterocycles. The number of fused-ring (bicyclic) bond motifs is 1. The number of benzene rings is 1. The number of aromatic nitrogens is 2. The summed E-state index contributed by atoms with van der Waals surface area (Å²) in [5.41, 5.74) is 8.35. The Morgan fingerprint density at radius 2 is 2.24 bits per heavy atom. The van der Waals surface area contributed by atoms with Gasteiger partial charge in [-0.25, -0.2) is 10.8 Å². The Hall–Kier alpha value is -1.92. The minimum absolute atomic E-state index is 0.333. The summed E-state index contributed by atoms with van der Waals surface area (Å²) in [4.78, 5) is 15.9. The summed E-state index contributed by atoms with van der Waals surface area (Å²) in [5, 5.41) is 0.993. The van der Waals surface area contributed by atoms with Crippen molar-refractivity contribution in [1.82, 2.24) is 14.6 Å². The Balaban J connectivity index is 2.39. The van der Waals surface area contributed by atoms with Crippen LogP contribution in [0.1, 0.15) is 11.6 Å². The molecule has 0 bridgehead atoms. The molecule has 0 aliphatic rings. The van der Waals surface area contributed by atoms with Gasteiger partial charge < -0.3 is 10.3 Å². The molecule has 0 fully saturated rings. The van der Waals surface area contributed by atoms with Crippen LogP contribution in [-0.2, 0) is 11.8 Å². The first-order valence-electron chi connectivity index (χ1n) is 5.19. The maximum absolute atomic E-state index is 11.6. The molecule has 90 valence electrons. The fraction of sp³-hybridized carbons (Fsp3) is 0.273. The van der Waals surface area contributed by atoms with Crippen molar-refractivity contribution in [2.45, 2.75) is 6.04 Å². The van der Waals surface area contributed by atoms with Gasteiger partial charge in [-0.1, -0.05) is 6.07 Å². The lowest BCUT2D eigenvalue weighted by Gasteiger charge is -2.16. The van der Waals surface area contributed by atoms with Gasteiger partial charge in [-0.05, 0) is 17.7 Å². The highest BCUT2D eigenvalue weighted by Gasteiger charge is 2.18. The molecule has 0 saturated carbocycles. The predicted octanol–water partition coefficient (Wildman–Crippen LogP) is -0.0948. The van der Waals surface area contributed by atoms with Crippen LogP contribution in [0.15, 0.2) is 24.5 Å². The Labute approximate surface area is 98.8 Å². The van der Waals surface area contributed by atoms with Gasteiger partial charge in [-0.15, -0.1) is 0 Å². The second-order valence-corrected chi connectivity index (χ2v) is 4.03. The third-order valence-electron chi connectivity index (χ3n) is 2.72. The minimum atomic E-state index is -0.753. The molecule has 0 spiro atoms. The molecule has 1 atom stereocenters. The van der Waals surface area contributed by atoms with Gasteiger partial charge in [0.1, 0.15) is 6.04 Å². The molecule has 1 unspecified atom stereocenters. The lowest BCUT2D eigenvalue weighted by molar-refractivity contribution is -0.131. The molecule has 0 radical (unpaired) electrons. The van der Waals surface area contributed by atoms with Crippen molar-refractivity contribution in [2.24, 2.45) is 18.6 Å². The second-order valence-electron chi connectivity index (χ2n) is 4.03. The number of hydrogen-bond donors (Lipinski definition) is 2. The largest absolute Gasteiger partial charge is 0.334 e. The molecule has 1 aromatic heterocycles. The highest BCUT2D eigenvalue weighted by atomic mass is 16.2. The maximum Gasteiger partial charge on any atom is 0.257 e. The summed E-state index contributed by atoms with van der Waals surface area (Å²) in [6, 6.07) is 4.76. The average Bonchev–Trinajstić information content (AvgIpc) is 2.68. The van der Waals surface area contributed by atoms with Crippen LogP contribution in [0.2, 0.25) is 0 Å². The summed E-state index contributed by atoms with van der Waals surface area (Å²) in [6.07, 6.45) is 1.72. The SMILES string of the molecule is CN(N)C(=O)C(N)c1ccc2c(c1)ncn2C. The molecule has 0 aliphatic carbocycles. The zero-order valence-corrected chi connectivity index (χ0v) is 9.79. The molecule has 6 heteroatoms.